The molecule has 0 saturated heterocycles. The maximum absolute atomic E-state index is 2.45. The average molecular weight is 374 g/mol. The number of hydrogen-bond donors (Lipinski definition) is 0. The molecule has 4 aromatic carbocycles. The van der Waals surface area contributed by atoms with Crippen molar-refractivity contribution in [2.75, 3.05) is 26.7 Å². The van der Waals surface area contributed by atoms with Crippen molar-refractivity contribution in [2.45, 2.75) is 0 Å². The van der Waals surface area contributed by atoms with Crippen molar-refractivity contribution >= 4 is 48.0 Å². The van der Waals surface area contributed by atoms with Gasteiger partial charge in [-0.2, -0.15) is 0 Å². The maximum atomic E-state index is 2.45. The SMILES string of the molecule is CP(C)c1cc(-c2cccc3ccccc23)c2cccc(P(C)C)c2c1. The highest BCUT2D eigenvalue weighted by Gasteiger charge is 2.14. The molecule has 0 aromatic heterocycles. The van der Waals surface area contributed by atoms with Gasteiger partial charge in [0.2, 0.25) is 0 Å². The molecule has 0 saturated carbocycles. The van der Waals surface area contributed by atoms with Gasteiger partial charge in [-0.3, -0.25) is 0 Å². The Bertz CT molecular complexity index is 1090. The Morgan fingerprint density at radius 2 is 1.23 bits per heavy atom. The Morgan fingerprint density at radius 1 is 0.538 bits per heavy atom. The number of fused-ring (bicyclic) bond motifs is 2. The molecule has 0 unspecified atom stereocenters. The molecule has 0 spiro atoms. The molecule has 4 aromatic rings. The van der Waals surface area contributed by atoms with Gasteiger partial charge in [-0.15, -0.1) is 0 Å². The molecule has 0 nitrogen and oxygen atoms in total. The fraction of sp³-hybridized carbons (Fsp3) is 0.167. The first-order valence-electron chi connectivity index (χ1n) is 8.96. The standard InChI is InChI=1S/C24H24P2/c1-25(2)18-15-22(20-12-7-10-17-9-5-6-11-19(17)20)21-13-8-14-24(26(3)4)23(21)16-18/h5-16H,1-4H3. The fourth-order valence-corrected chi connectivity index (χ4v) is 5.51. The Morgan fingerprint density at radius 3 is 2.00 bits per heavy atom. The quantitative estimate of drug-likeness (QED) is 0.364. The Kier molecular flexibility index (Phi) is 4.83. The zero-order valence-corrected chi connectivity index (χ0v) is 17.6. The zero-order chi connectivity index (χ0) is 18.3. The van der Waals surface area contributed by atoms with E-state index in [9.17, 15) is 0 Å². The van der Waals surface area contributed by atoms with E-state index in [1.54, 1.807) is 0 Å². The number of hydrogen-bond acceptors (Lipinski definition) is 0. The molecule has 0 aliphatic heterocycles. The summed E-state index contributed by atoms with van der Waals surface area (Å²) in [5.41, 5.74) is 2.73. The average Bonchev–Trinajstić information content (AvgIpc) is 2.66. The first kappa shape index (κ1) is 17.7. The second-order valence-corrected chi connectivity index (χ2v) is 11.8. The lowest BCUT2D eigenvalue weighted by Crippen LogP contribution is -2.07. The maximum Gasteiger partial charge on any atom is -0.00926 e. The van der Waals surface area contributed by atoms with Crippen LogP contribution in [0.25, 0.3) is 32.7 Å². The minimum absolute atomic E-state index is 0.136. The van der Waals surface area contributed by atoms with Crippen LogP contribution in [0.15, 0.2) is 72.8 Å². The Hall–Kier alpha value is -1.74. The van der Waals surface area contributed by atoms with Gasteiger partial charge in [0, 0.05) is 0 Å². The van der Waals surface area contributed by atoms with Crippen molar-refractivity contribution < 1.29 is 0 Å². The lowest BCUT2D eigenvalue weighted by atomic mass is 9.94. The molecule has 0 radical (unpaired) electrons. The molecular weight excluding hydrogens is 350 g/mol. The van der Waals surface area contributed by atoms with Crippen molar-refractivity contribution in [1.82, 2.24) is 0 Å². The second kappa shape index (κ2) is 7.11. The van der Waals surface area contributed by atoms with Crippen molar-refractivity contribution in [3.8, 4) is 11.1 Å². The fourth-order valence-electron chi connectivity index (χ4n) is 3.69. The summed E-state index contributed by atoms with van der Waals surface area (Å²) in [6.45, 7) is 9.42. The molecule has 0 heterocycles. The van der Waals surface area contributed by atoms with E-state index in [-0.39, 0.29) is 15.8 Å². The molecular formula is C24H24P2. The summed E-state index contributed by atoms with van der Waals surface area (Å²) in [6, 6.07) is 27.1. The van der Waals surface area contributed by atoms with Gasteiger partial charge in [0.25, 0.3) is 0 Å². The third-order valence-corrected chi connectivity index (χ3v) is 7.68. The minimum Gasteiger partial charge on any atom is -0.0816 e. The Balaban J connectivity index is 2.13. The number of rotatable bonds is 3. The molecule has 26 heavy (non-hydrogen) atoms. The van der Waals surface area contributed by atoms with Gasteiger partial charge < -0.3 is 0 Å². The lowest BCUT2D eigenvalue weighted by molar-refractivity contribution is 1.70. The normalized spacial score (nSPS) is 11.8. The van der Waals surface area contributed by atoms with Crippen LogP contribution >= 0.6 is 15.8 Å². The summed E-state index contributed by atoms with van der Waals surface area (Å²) in [7, 11) is -0.279. The first-order valence-corrected chi connectivity index (χ1v) is 13.4. The molecule has 0 aliphatic rings. The minimum atomic E-state index is -0.143. The number of benzene rings is 4. The molecule has 2 heteroatoms. The zero-order valence-electron chi connectivity index (χ0n) is 15.8. The van der Waals surface area contributed by atoms with Crippen molar-refractivity contribution in [3.05, 3.63) is 72.8 Å². The topological polar surface area (TPSA) is 0 Å². The van der Waals surface area contributed by atoms with Crippen LogP contribution < -0.4 is 10.6 Å². The van der Waals surface area contributed by atoms with Crippen LogP contribution in [0.4, 0.5) is 0 Å². The predicted octanol–water partition coefficient (Wildman–Crippen LogP) is 6.39. The Labute approximate surface area is 158 Å². The first-order chi connectivity index (χ1) is 12.6. The molecule has 0 aliphatic carbocycles. The monoisotopic (exact) mass is 374 g/mol. The van der Waals surface area contributed by atoms with Gasteiger partial charge in [0.05, 0.1) is 0 Å². The van der Waals surface area contributed by atoms with Crippen molar-refractivity contribution in [1.29, 1.82) is 0 Å². The van der Waals surface area contributed by atoms with Crippen LogP contribution in [0.1, 0.15) is 0 Å². The van der Waals surface area contributed by atoms with Gasteiger partial charge >= 0.3 is 0 Å². The van der Waals surface area contributed by atoms with Crippen LogP contribution in [0.3, 0.4) is 0 Å². The van der Waals surface area contributed by atoms with E-state index in [1.165, 1.54) is 43.3 Å². The highest BCUT2D eigenvalue weighted by Crippen LogP contribution is 2.38. The third-order valence-electron chi connectivity index (χ3n) is 5.04. The van der Waals surface area contributed by atoms with Gasteiger partial charge in [0.15, 0.2) is 0 Å². The van der Waals surface area contributed by atoms with E-state index in [0.29, 0.717) is 0 Å². The van der Waals surface area contributed by atoms with Gasteiger partial charge in [0.1, 0.15) is 0 Å². The highest BCUT2D eigenvalue weighted by molar-refractivity contribution is 7.65. The molecule has 0 N–H and O–H groups in total. The van der Waals surface area contributed by atoms with Crippen molar-refractivity contribution in [3.63, 3.8) is 0 Å². The molecule has 4 rings (SSSR count). The van der Waals surface area contributed by atoms with Crippen LogP contribution in [0, 0.1) is 0 Å². The van der Waals surface area contributed by atoms with E-state index in [2.05, 4.69) is 99.5 Å². The van der Waals surface area contributed by atoms with Crippen molar-refractivity contribution in [2.24, 2.45) is 0 Å². The lowest BCUT2D eigenvalue weighted by Gasteiger charge is -2.18. The molecule has 0 fully saturated rings. The summed E-state index contributed by atoms with van der Waals surface area (Å²) >= 11 is 0. The van der Waals surface area contributed by atoms with E-state index in [0.717, 1.165) is 0 Å². The van der Waals surface area contributed by atoms with Gasteiger partial charge in [-0.1, -0.05) is 76.5 Å². The van der Waals surface area contributed by atoms with E-state index in [1.807, 2.05) is 0 Å². The van der Waals surface area contributed by atoms with E-state index < -0.39 is 0 Å². The van der Waals surface area contributed by atoms with Gasteiger partial charge in [-0.25, -0.2) is 0 Å². The smallest absolute Gasteiger partial charge is 0.00926 e. The largest absolute Gasteiger partial charge is 0.0816 e. The van der Waals surface area contributed by atoms with Crippen LogP contribution in [0.5, 0.6) is 0 Å². The molecule has 0 amide bonds. The highest BCUT2D eigenvalue weighted by atomic mass is 31.1. The summed E-state index contributed by atoms with van der Waals surface area (Å²) in [5, 5.41) is 8.47. The summed E-state index contributed by atoms with van der Waals surface area (Å²) < 4.78 is 0. The third kappa shape index (κ3) is 3.07. The van der Waals surface area contributed by atoms with Crippen LogP contribution in [-0.2, 0) is 0 Å². The second-order valence-electron chi connectivity index (χ2n) is 7.18. The summed E-state index contributed by atoms with van der Waals surface area (Å²) in [5.74, 6) is 0. The molecule has 0 bridgehead atoms. The summed E-state index contributed by atoms with van der Waals surface area (Å²) in [6.07, 6.45) is 0. The van der Waals surface area contributed by atoms with E-state index >= 15 is 0 Å². The van der Waals surface area contributed by atoms with Crippen LogP contribution in [0.2, 0.25) is 0 Å². The van der Waals surface area contributed by atoms with E-state index in [4.69, 9.17) is 0 Å². The molecule has 130 valence electrons. The van der Waals surface area contributed by atoms with Gasteiger partial charge in [-0.05, 0) is 82.1 Å². The predicted molar refractivity (Wildman–Crippen MR) is 124 cm³/mol. The summed E-state index contributed by atoms with van der Waals surface area (Å²) in [4.78, 5) is 0. The van der Waals surface area contributed by atoms with Crippen LogP contribution in [-0.4, -0.2) is 26.7 Å². The molecule has 0 atom stereocenters.